The monoisotopic (exact) mass is 272 g/mol. The van der Waals surface area contributed by atoms with Crippen molar-refractivity contribution in [3.8, 4) is 0 Å². The van der Waals surface area contributed by atoms with Crippen LogP contribution in [0.4, 0.5) is 18.9 Å². The van der Waals surface area contributed by atoms with E-state index in [2.05, 4.69) is 17.2 Å². The number of carbonyl (C=O) groups is 1. The second kappa shape index (κ2) is 6.26. The molecule has 1 amide bonds. The topological polar surface area (TPSA) is 41.1 Å². The predicted molar refractivity (Wildman–Crippen MR) is 67.7 cm³/mol. The SMILES string of the molecule is C=CCNC(=O)C(C)Nc1ccc(C(F)(F)F)cc1. The van der Waals surface area contributed by atoms with Crippen molar-refractivity contribution >= 4 is 11.6 Å². The third-order valence-corrected chi connectivity index (χ3v) is 2.41. The van der Waals surface area contributed by atoms with Gasteiger partial charge in [0.05, 0.1) is 5.56 Å². The zero-order chi connectivity index (χ0) is 14.5. The lowest BCUT2D eigenvalue weighted by Gasteiger charge is -2.15. The maximum atomic E-state index is 12.4. The van der Waals surface area contributed by atoms with Crippen LogP contribution in [0.3, 0.4) is 0 Å². The highest BCUT2D eigenvalue weighted by molar-refractivity contribution is 5.84. The minimum Gasteiger partial charge on any atom is -0.374 e. The number of hydrogen-bond acceptors (Lipinski definition) is 2. The van der Waals surface area contributed by atoms with Gasteiger partial charge in [-0.3, -0.25) is 4.79 Å². The van der Waals surface area contributed by atoms with Crippen LogP contribution >= 0.6 is 0 Å². The van der Waals surface area contributed by atoms with E-state index in [9.17, 15) is 18.0 Å². The molecule has 0 aliphatic rings. The van der Waals surface area contributed by atoms with Gasteiger partial charge in [-0.05, 0) is 31.2 Å². The number of nitrogens with one attached hydrogen (secondary N) is 2. The standard InChI is InChI=1S/C13H15F3N2O/c1-3-8-17-12(19)9(2)18-11-6-4-10(5-7-11)13(14,15)16/h3-7,9,18H,1,8H2,2H3,(H,17,19). The normalized spacial score (nSPS) is 12.6. The molecule has 0 saturated carbocycles. The van der Waals surface area contributed by atoms with E-state index in [1.54, 1.807) is 13.0 Å². The molecule has 1 atom stereocenters. The minimum atomic E-state index is -4.36. The lowest BCUT2D eigenvalue weighted by Crippen LogP contribution is -2.37. The number of hydrogen-bond donors (Lipinski definition) is 2. The Balaban J connectivity index is 2.62. The zero-order valence-electron chi connectivity index (χ0n) is 10.4. The van der Waals surface area contributed by atoms with E-state index in [4.69, 9.17) is 0 Å². The van der Waals surface area contributed by atoms with Crippen molar-refractivity contribution in [2.75, 3.05) is 11.9 Å². The van der Waals surface area contributed by atoms with E-state index in [0.29, 0.717) is 12.2 Å². The molecule has 0 fully saturated rings. The molecule has 3 nitrogen and oxygen atoms in total. The molecule has 1 unspecified atom stereocenters. The summed E-state index contributed by atoms with van der Waals surface area (Å²) in [7, 11) is 0. The Labute approximate surface area is 109 Å². The van der Waals surface area contributed by atoms with Gasteiger partial charge in [-0.1, -0.05) is 6.08 Å². The molecular weight excluding hydrogens is 257 g/mol. The zero-order valence-corrected chi connectivity index (χ0v) is 10.4. The van der Waals surface area contributed by atoms with Crippen LogP contribution in [0.15, 0.2) is 36.9 Å². The minimum absolute atomic E-state index is 0.250. The van der Waals surface area contributed by atoms with E-state index >= 15 is 0 Å². The first-order chi connectivity index (χ1) is 8.84. The van der Waals surface area contributed by atoms with Crippen LogP contribution in [0.2, 0.25) is 0 Å². The fourth-order valence-electron chi connectivity index (χ4n) is 1.40. The second-order valence-corrected chi connectivity index (χ2v) is 3.97. The van der Waals surface area contributed by atoms with Crippen LogP contribution in [-0.2, 0) is 11.0 Å². The third kappa shape index (κ3) is 4.65. The molecule has 2 N–H and O–H groups in total. The highest BCUT2D eigenvalue weighted by atomic mass is 19.4. The lowest BCUT2D eigenvalue weighted by atomic mass is 10.2. The smallest absolute Gasteiger partial charge is 0.374 e. The van der Waals surface area contributed by atoms with Crippen LogP contribution in [0, 0.1) is 0 Å². The lowest BCUT2D eigenvalue weighted by molar-refractivity contribution is -0.137. The Hall–Kier alpha value is -1.98. The van der Waals surface area contributed by atoms with Crippen LogP contribution in [-0.4, -0.2) is 18.5 Å². The first-order valence-corrected chi connectivity index (χ1v) is 5.67. The fraction of sp³-hybridized carbons (Fsp3) is 0.308. The first-order valence-electron chi connectivity index (χ1n) is 5.67. The van der Waals surface area contributed by atoms with Gasteiger partial charge in [0.15, 0.2) is 0 Å². The molecule has 0 bridgehead atoms. The summed E-state index contributed by atoms with van der Waals surface area (Å²) in [6.45, 7) is 5.43. The van der Waals surface area contributed by atoms with Crippen molar-refractivity contribution in [1.29, 1.82) is 0 Å². The molecule has 1 rings (SSSR count). The van der Waals surface area contributed by atoms with Crippen molar-refractivity contribution in [3.05, 3.63) is 42.5 Å². The molecule has 0 radical (unpaired) electrons. The van der Waals surface area contributed by atoms with Gasteiger partial charge in [0.25, 0.3) is 0 Å². The number of benzene rings is 1. The molecule has 0 aliphatic carbocycles. The molecule has 0 heterocycles. The Morgan fingerprint density at radius 3 is 2.42 bits per heavy atom. The average Bonchev–Trinajstić information content (AvgIpc) is 2.35. The molecule has 0 aromatic heterocycles. The molecular formula is C13H15F3N2O. The summed E-state index contributed by atoms with van der Waals surface area (Å²) in [4.78, 5) is 11.5. The summed E-state index contributed by atoms with van der Waals surface area (Å²) in [6.07, 6.45) is -2.81. The summed E-state index contributed by atoms with van der Waals surface area (Å²) in [5.74, 6) is -0.250. The van der Waals surface area contributed by atoms with Gasteiger partial charge in [0.1, 0.15) is 6.04 Å². The Kier molecular flexibility index (Phi) is 4.97. The van der Waals surface area contributed by atoms with Gasteiger partial charge in [-0.25, -0.2) is 0 Å². The number of carbonyl (C=O) groups excluding carboxylic acids is 1. The largest absolute Gasteiger partial charge is 0.416 e. The maximum absolute atomic E-state index is 12.4. The summed E-state index contributed by atoms with van der Waals surface area (Å²) >= 11 is 0. The van der Waals surface area contributed by atoms with E-state index < -0.39 is 17.8 Å². The van der Waals surface area contributed by atoms with E-state index in [-0.39, 0.29) is 5.91 Å². The predicted octanol–water partition coefficient (Wildman–Crippen LogP) is 2.81. The molecule has 0 spiro atoms. The number of anilines is 1. The number of halogens is 3. The van der Waals surface area contributed by atoms with Crippen molar-refractivity contribution < 1.29 is 18.0 Å². The van der Waals surface area contributed by atoms with E-state index in [1.807, 2.05) is 0 Å². The van der Waals surface area contributed by atoms with Crippen molar-refractivity contribution in [3.63, 3.8) is 0 Å². The van der Waals surface area contributed by atoms with Crippen LogP contribution in [0.1, 0.15) is 12.5 Å². The second-order valence-electron chi connectivity index (χ2n) is 3.97. The fourth-order valence-corrected chi connectivity index (χ4v) is 1.40. The van der Waals surface area contributed by atoms with Gasteiger partial charge in [0, 0.05) is 12.2 Å². The molecule has 0 aliphatic heterocycles. The molecule has 0 saturated heterocycles. The van der Waals surface area contributed by atoms with Crippen molar-refractivity contribution in [2.24, 2.45) is 0 Å². The van der Waals surface area contributed by atoms with Gasteiger partial charge >= 0.3 is 6.18 Å². The summed E-state index contributed by atoms with van der Waals surface area (Å²) in [6, 6.07) is 3.98. The van der Waals surface area contributed by atoms with E-state index in [1.165, 1.54) is 12.1 Å². The van der Waals surface area contributed by atoms with Gasteiger partial charge in [-0.2, -0.15) is 13.2 Å². The molecule has 19 heavy (non-hydrogen) atoms. The Morgan fingerprint density at radius 1 is 1.37 bits per heavy atom. The summed E-state index contributed by atoms with van der Waals surface area (Å²) in [5.41, 5.74) is -0.268. The summed E-state index contributed by atoms with van der Waals surface area (Å²) in [5, 5.41) is 5.40. The first kappa shape index (κ1) is 15.1. The molecule has 104 valence electrons. The Morgan fingerprint density at radius 2 is 1.95 bits per heavy atom. The van der Waals surface area contributed by atoms with Crippen LogP contribution < -0.4 is 10.6 Å². The third-order valence-electron chi connectivity index (χ3n) is 2.41. The maximum Gasteiger partial charge on any atom is 0.416 e. The number of amides is 1. The van der Waals surface area contributed by atoms with Gasteiger partial charge < -0.3 is 10.6 Å². The van der Waals surface area contributed by atoms with Crippen LogP contribution in [0.25, 0.3) is 0 Å². The average molecular weight is 272 g/mol. The van der Waals surface area contributed by atoms with Gasteiger partial charge in [0.2, 0.25) is 5.91 Å². The Bertz CT molecular complexity index is 440. The van der Waals surface area contributed by atoms with Crippen LogP contribution in [0.5, 0.6) is 0 Å². The quantitative estimate of drug-likeness (QED) is 0.809. The molecule has 6 heteroatoms. The molecule has 1 aromatic carbocycles. The summed E-state index contributed by atoms with van der Waals surface area (Å²) < 4.78 is 37.1. The van der Waals surface area contributed by atoms with Crippen molar-refractivity contribution in [1.82, 2.24) is 5.32 Å². The number of alkyl halides is 3. The van der Waals surface area contributed by atoms with Crippen molar-refractivity contribution in [2.45, 2.75) is 19.1 Å². The molecule has 1 aromatic rings. The number of rotatable bonds is 5. The van der Waals surface area contributed by atoms with Gasteiger partial charge in [-0.15, -0.1) is 6.58 Å². The highest BCUT2D eigenvalue weighted by Gasteiger charge is 2.30. The highest BCUT2D eigenvalue weighted by Crippen LogP contribution is 2.29. The van der Waals surface area contributed by atoms with E-state index in [0.717, 1.165) is 12.1 Å².